The Kier molecular flexibility index (Phi) is 14.9. The van der Waals surface area contributed by atoms with Crippen LogP contribution in [0.3, 0.4) is 0 Å². The van der Waals surface area contributed by atoms with Crippen molar-refractivity contribution < 1.29 is 46.8 Å². The third kappa shape index (κ3) is 13.6. The molecule has 0 bridgehead atoms. The summed E-state index contributed by atoms with van der Waals surface area (Å²) in [5, 5.41) is 0. The largest absolute Gasteiger partial charge is 0.474 e. The fraction of sp³-hybridized carbons (Fsp3) is 1.00. The molecule has 0 aliphatic carbocycles. The Morgan fingerprint density at radius 2 is 0.667 bits per heavy atom. The Morgan fingerprint density at radius 3 is 0.933 bits per heavy atom. The second-order valence-corrected chi connectivity index (χ2v) is 26.8. The molecule has 0 aliphatic rings. The van der Waals surface area contributed by atoms with E-state index in [9.17, 15) is 0 Å². The summed E-state index contributed by atoms with van der Waals surface area (Å²) in [5.41, 5.74) is 0. The average molecular weight is 557 g/mol. The number of hydrogen-bond donors (Lipinski definition) is 0. The van der Waals surface area contributed by atoms with Crippen LogP contribution >= 0.6 is 0 Å². The SMILES string of the molecule is CO[SiH](C)O[Si](C)(C)O[SiH](O[Si](C)(C)O[SiH](OC)OC)O[Si](C)(C)O[SiH](OC)OC. The van der Waals surface area contributed by atoms with Gasteiger partial charge >= 0.3 is 63.5 Å². The standard InChI is InChI=1S/C12H40O11Si7/c1-13-24(6)18-28(7,8)21-27(22-29(9,10)19-25(14-2)15-3)23-30(11,12)20-26(16-4)17-5/h24-27H,1-12H3. The molecule has 0 rings (SSSR count). The van der Waals surface area contributed by atoms with Crippen molar-refractivity contribution in [2.45, 2.75) is 45.8 Å². The quantitative estimate of drug-likeness (QED) is 0.233. The van der Waals surface area contributed by atoms with Crippen molar-refractivity contribution in [3.63, 3.8) is 0 Å². The van der Waals surface area contributed by atoms with Gasteiger partial charge in [0.15, 0.2) is 0 Å². The van der Waals surface area contributed by atoms with E-state index in [1.54, 1.807) is 35.5 Å². The molecule has 0 N–H and O–H groups in total. The van der Waals surface area contributed by atoms with E-state index in [1.807, 2.05) is 45.8 Å². The van der Waals surface area contributed by atoms with E-state index in [0.717, 1.165) is 0 Å². The Morgan fingerprint density at radius 1 is 0.400 bits per heavy atom. The molecular weight excluding hydrogens is 517 g/mol. The van der Waals surface area contributed by atoms with E-state index in [0.29, 0.717) is 0 Å². The summed E-state index contributed by atoms with van der Waals surface area (Å²) >= 11 is 0. The minimum atomic E-state index is -2.74. The van der Waals surface area contributed by atoms with E-state index in [1.165, 1.54) is 0 Å². The zero-order valence-corrected chi connectivity index (χ0v) is 27.9. The Bertz CT molecular complexity index is 438. The van der Waals surface area contributed by atoms with Gasteiger partial charge in [-0.3, -0.25) is 0 Å². The second kappa shape index (κ2) is 14.4. The monoisotopic (exact) mass is 556 g/mol. The van der Waals surface area contributed by atoms with Crippen LogP contribution in [0.2, 0.25) is 45.8 Å². The van der Waals surface area contributed by atoms with Crippen LogP contribution in [-0.2, 0) is 46.8 Å². The van der Waals surface area contributed by atoms with E-state index < -0.39 is 63.5 Å². The van der Waals surface area contributed by atoms with Crippen LogP contribution < -0.4 is 0 Å². The lowest BCUT2D eigenvalue weighted by atomic mass is 11.8. The molecule has 11 nitrogen and oxygen atoms in total. The van der Waals surface area contributed by atoms with E-state index in [4.69, 9.17) is 46.8 Å². The van der Waals surface area contributed by atoms with Gasteiger partial charge in [-0.1, -0.05) is 0 Å². The molecule has 0 saturated carbocycles. The lowest BCUT2D eigenvalue weighted by Crippen LogP contribution is -2.57. The molecule has 1 unspecified atom stereocenters. The van der Waals surface area contributed by atoms with Gasteiger partial charge in [0.05, 0.1) is 0 Å². The van der Waals surface area contributed by atoms with Crippen molar-refractivity contribution in [3.8, 4) is 0 Å². The summed E-state index contributed by atoms with van der Waals surface area (Å²) in [6, 6.07) is 0. The first-order chi connectivity index (χ1) is 13.7. The molecule has 182 valence electrons. The number of hydrogen-bond acceptors (Lipinski definition) is 11. The Hall–Kier alpha value is 1.08. The molecule has 0 radical (unpaired) electrons. The summed E-state index contributed by atoms with van der Waals surface area (Å²) in [6.45, 7) is 13.4. The molecule has 0 saturated heterocycles. The molecule has 0 amide bonds. The van der Waals surface area contributed by atoms with Crippen molar-refractivity contribution in [2.75, 3.05) is 35.5 Å². The maximum Gasteiger partial charge on any atom is 0.474 e. The van der Waals surface area contributed by atoms with Crippen LogP contribution in [0.5, 0.6) is 0 Å². The molecular formula is C12H40O11Si7. The molecule has 0 spiro atoms. The Balaban J connectivity index is 5.48. The fourth-order valence-corrected chi connectivity index (χ4v) is 21.0. The van der Waals surface area contributed by atoms with Gasteiger partial charge in [0, 0.05) is 35.5 Å². The normalized spacial score (nSPS) is 14.9. The summed E-state index contributed by atoms with van der Waals surface area (Å²) in [7, 11) is -9.22. The van der Waals surface area contributed by atoms with Crippen LogP contribution in [0.15, 0.2) is 0 Å². The van der Waals surface area contributed by atoms with Crippen molar-refractivity contribution >= 4 is 63.5 Å². The average Bonchev–Trinajstić information content (AvgIpc) is 2.62. The summed E-state index contributed by atoms with van der Waals surface area (Å²) in [5.74, 6) is 0. The van der Waals surface area contributed by atoms with Crippen molar-refractivity contribution in [3.05, 3.63) is 0 Å². The van der Waals surface area contributed by atoms with Crippen LogP contribution in [0.4, 0.5) is 0 Å². The van der Waals surface area contributed by atoms with Crippen LogP contribution in [0.1, 0.15) is 0 Å². The van der Waals surface area contributed by atoms with Gasteiger partial charge in [-0.2, -0.15) is 0 Å². The molecule has 0 fully saturated rings. The van der Waals surface area contributed by atoms with E-state index in [-0.39, 0.29) is 0 Å². The third-order valence-corrected chi connectivity index (χ3v) is 24.5. The van der Waals surface area contributed by atoms with Gasteiger partial charge in [0.25, 0.3) is 0 Å². The highest BCUT2D eigenvalue weighted by atomic mass is 28.5. The lowest BCUT2D eigenvalue weighted by Gasteiger charge is -2.37. The predicted molar refractivity (Wildman–Crippen MR) is 128 cm³/mol. The van der Waals surface area contributed by atoms with Crippen molar-refractivity contribution in [1.82, 2.24) is 0 Å². The number of rotatable bonds is 17. The maximum absolute atomic E-state index is 6.32. The predicted octanol–water partition coefficient (Wildman–Crippen LogP) is 0.425. The summed E-state index contributed by atoms with van der Waals surface area (Å²) < 4.78 is 63.5. The van der Waals surface area contributed by atoms with Crippen molar-refractivity contribution in [2.24, 2.45) is 0 Å². The second-order valence-electron chi connectivity index (χ2n) is 7.52. The minimum Gasteiger partial charge on any atom is -0.418 e. The van der Waals surface area contributed by atoms with Gasteiger partial charge < -0.3 is 46.8 Å². The summed E-state index contributed by atoms with van der Waals surface area (Å²) in [4.78, 5) is 0. The molecule has 18 heteroatoms. The van der Waals surface area contributed by atoms with Gasteiger partial charge in [-0.15, -0.1) is 0 Å². The first kappa shape index (κ1) is 31.1. The molecule has 0 aromatic heterocycles. The van der Waals surface area contributed by atoms with E-state index in [2.05, 4.69) is 0 Å². The fourth-order valence-electron chi connectivity index (χ4n) is 2.15. The van der Waals surface area contributed by atoms with Gasteiger partial charge in [0.2, 0.25) is 0 Å². The van der Waals surface area contributed by atoms with Gasteiger partial charge in [-0.25, -0.2) is 0 Å². The Labute approximate surface area is 191 Å². The van der Waals surface area contributed by atoms with Crippen LogP contribution in [0.25, 0.3) is 0 Å². The van der Waals surface area contributed by atoms with E-state index >= 15 is 0 Å². The third-order valence-electron chi connectivity index (χ3n) is 3.45. The molecule has 0 aromatic rings. The van der Waals surface area contributed by atoms with Crippen molar-refractivity contribution in [1.29, 1.82) is 0 Å². The van der Waals surface area contributed by atoms with Crippen LogP contribution in [0, 0.1) is 0 Å². The zero-order valence-electron chi connectivity index (χ0n) is 20.3. The first-order valence-electron chi connectivity index (χ1n) is 9.44. The molecule has 0 aliphatic heterocycles. The topological polar surface area (TPSA) is 102 Å². The minimum absolute atomic E-state index is 1.55. The van der Waals surface area contributed by atoms with Crippen LogP contribution in [-0.4, -0.2) is 99.1 Å². The highest BCUT2D eigenvalue weighted by molar-refractivity contribution is 6.83. The van der Waals surface area contributed by atoms with Gasteiger partial charge in [-0.05, 0) is 45.8 Å². The molecule has 0 heterocycles. The molecule has 1 atom stereocenters. The highest BCUT2D eigenvalue weighted by Gasteiger charge is 2.44. The molecule has 0 aromatic carbocycles. The smallest absolute Gasteiger partial charge is 0.418 e. The summed E-state index contributed by atoms with van der Waals surface area (Å²) in [6.07, 6.45) is 0. The highest BCUT2D eigenvalue weighted by Crippen LogP contribution is 2.20. The lowest BCUT2D eigenvalue weighted by molar-refractivity contribution is 0.160. The zero-order chi connectivity index (χ0) is 23.6. The first-order valence-corrected chi connectivity index (χ1v) is 24.2. The maximum atomic E-state index is 6.32. The van der Waals surface area contributed by atoms with Gasteiger partial charge in [0.1, 0.15) is 0 Å². The molecule has 30 heavy (non-hydrogen) atoms.